The average molecular weight is 1370 g/mol. The van der Waals surface area contributed by atoms with Gasteiger partial charge in [-0.2, -0.15) is 26.3 Å². The van der Waals surface area contributed by atoms with Gasteiger partial charge in [-0.25, -0.2) is 0 Å². The maximum atomic E-state index is 13.3. The lowest BCUT2D eigenvalue weighted by Crippen LogP contribution is -2.46. The molecule has 0 saturated heterocycles. The Labute approximate surface area is 515 Å². The van der Waals surface area contributed by atoms with Gasteiger partial charge in [0.25, 0.3) is 0 Å². The van der Waals surface area contributed by atoms with Crippen LogP contribution in [0.2, 0.25) is 0 Å². The zero-order chi connectivity index (χ0) is 68.6. The highest BCUT2D eigenvalue weighted by molar-refractivity contribution is 6.30. The number of rotatable bonds is 15. The number of para-hydroxylation sites is 2. The minimum atomic E-state index is -5.02. The van der Waals surface area contributed by atoms with Gasteiger partial charge < -0.3 is 53.2 Å². The summed E-state index contributed by atoms with van der Waals surface area (Å²) in [6.07, 6.45) is -40.4. The van der Waals surface area contributed by atoms with E-state index in [2.05, 4.69) is 23.7 Å². The van der Waals surface area contributed by atoms with E-state index in [0.29, 0.717) is 0 Å². The third-order valence-electron chi connectivity index (χ3n) is 12.8. The quantitative estimate of drug-likeness (QED) is 0.0576. The van der Waals surface area contributed by atoms with E-state index in [1.165, 1.54) is 97.1 Å². The van der Waals surface area contributed by atoms with Crippen LogP contribution in [-0.2, 0) is 0 Å². The van der Waals surface area contributed by atoms with E-state index in [1.807, 2.05) is 0 Å². The van der Waals surface area contributed by atoms with Crippen molar-refractivity contribution in [2.45, 2.75) is 68.5 Å². The number of carbonyl (C=O) groups is 1. The van der Waals surface area contributed by atoms with Gasteiger partial charge in [-0.1, -0.05) is 84.9 Å². The average Bonchev–Trinajstić information content (AvgIpc) is 0.771. The second-order valence-corrected chi connectivity index (χ2v) is 19.7. The minimum Gasteiger partial charge on any atom is -0.488 e. The molecule has 2 N–H and O–H groups in total. The number of benzene rings is 7. The smallest absolute Gasteiger partial charge is 0.488 e. The summed E-state index contributed by atoms with van der Waals surface area (Å²) >= 11 is 5.26. The highest BCUT2D eigenvalue weighted by atomic mass is 35.5. The van der Waals surface area contributed by atoms with Crippen molar-refractivity contribution in [2.24, 2.45) is 0 Å². The largest absolute Gasteiger partial charge is 0.573 e. The lowest BCUT2D eigenvalue weighted by Gasteiger charge is -2.41. The van der Waals surface area contributed by atoms with Crippen molar-refractivity contribution in [3.8, 4) is 62.5 Å². The Morgan fingerprint density at radius 1 is 0.430 bits per heavy atom. The van der Waals surface area contributed by atoms with E-state index >= 15 is 0 Å². The van der Waals surface area contributed by atoms with Gasteiger partial charge >= 0.3 is 44.2 Å². The fraction of sp³-hybridized carbons (Fsp3) is 0.271. The Hall–Kier alpha value is -8.85. The first-order chi connectivity index (χ1) is 43.1. The summed E-state index contributed by atoms with van der Waals surface area (Å²) in [5.41, 5.74) is 1.12. The number of carbonyl (C=O) groups excluding carboxylic acids is 1. The number of halogens is 22. The number of hydrogen-bond acceptors (Lipinski definition) is 12. The first-order valence-electron chi connectivity index (χ1n) is 26.1. The molecule has 0 aliphatic carbocycles. The molecule has 0 aromatic heterocycles. The number of β-amino-alcohol motifs (C(OH)–C–C–N with tert-alkyl or cyclic N) is 2. The number of Topliss-reactive ketones (excluding diaryl/α,β-unsaturated/α-hetero) is 1. The normalized spacial score (nSPS) is 15.9. The molecule has 2 aliphatic heterocycles. The summed E-state index contributed by atoms with van der Waals surface area (Å²) in [6.45, 7) is -2.78. The van der Waals surface area contributed by atoms with Crippen LogP contribution in [0.1, 0.15) is 33.6 Å². The van der Waals surface area contributed by atoms with Crippen molar-refractivity contribution in [2.75, 3.05) is 42.0 Å². The van der Waals surface area contributed by atoms with Gasteiger partial charge in [-0.05, 0) is 95.1 Å². The second-order valence-electron chi connectivity index (χ2n) is 19.4. The van der Waals surface area contributed by atoms with Crippen LogP contribution in [0.25, 0.3) is 22.3 Å². The van der Waals surface area contributed by atoms with Crippen LogP contribution >= 0.6 is 11.6 Å². The fourth-order valence-corrected chi connectivity index (χ4v) is 9.34. The molecule has 0 amide bonds. The number of alkyl halides is 22. The van der Waals surface area contributed by atoms with Crippen LogP contribution < -0.4 is 43.0 Å². The van der Waals surface area contributed by atoms with Crippen molar-refractivity contribution >= 4 is 28.8 Å². The monoisotopic (exact) mass is 1370 g/mol. The molecular formula is C59H42ClF21N2O10. The third kappa shape index (κ3) is 20.8. The van der Waals surface area contributed by atoms with E-state index in [4.69, 9.17) is 21.1 Å². The van der Waals surface area contributed by atoms with Crippen molar-refractivity contribution in [1.29, 1.82) is 0 Å². The van der Waals surface area contributed by atoms with E-state index in [0.717, 1.165) is 70.5 Å². The predicted molar refractivity (Wildman–Crippen MR) is 287 cm³/mol. The Kier molecular flexibility index (Phi) is 22.0. The molecule has 0 bridgehead atoms. The molecule has 93 heavy (non-hydrogen) atoms. The number of aliphatic hydroxyl groups is 2. The van der Waals surface area contributed by atoms with Crippen LogP contribution in [0.5, 0.6) is 40.2 Å². The van der Waals surface area contributed by atoms with Crippen molar-refractivity contribution in [1.82, 2.24) is 0 Å². The first kappa shape index (κ1) is 71.6. The summed E-state index contributed by atoms with van der Waals surface area (Å²) in [5, 5.41) is 19.7. The summed E-state index contributed by atoms with van der Waals surface area (Å²) < 4.78 is 299. The Morgan fingerprint density at radius 2 is 0.731 bits per heavy atom. The second kappa shape index (κ2) is 28.6. The molecular weight excluding hydrogens is 1330 g/mol. The molecule has 0 spiro atoms. The number of aliphatic hydroxyl groups excluding tert-OH is 2. The summed E-state index contributed by atoms with van der Waals surface area (Å²) in [6, 6.07) is 29.8. The topological polar surface area (TPSA) is 129 Å². The van der Waals surface area contributed by atoms with Gasteiger partial charge in [-0.3, -0.25) is 4.79 Å². The zero-order valence-corrected chi connectivity index (χ0v) is 47.0. The lowest BCUT2D eigenvalue weighted by atomic mass is 9.98. The summed E-state index contributed by atoms with van der Waals surface area (Å²) in [5.74, 6) is -3.49. The third-order valence-corrected chi connectivity index (χ3v) is 13.1. The number of anilines is 2. The van der Waals surface area contributed by atoms with Gasteiger partial charge in [0.2, 0.25) is 0 Å². The molecule has 2 aliphatic rings. The van der Waals surface area contributed by atoms with Gasteiger partial charge in [0.05, 0.1) is 42.4 Å². The Bertz CT molecular complexity index is 3470. The maximum absolute atomic E-state index is 13.3. The van der Waals surface area contributed by atoms with E-state index in [-0.39, 0.29) is 80.9 Å². The van der Waals surface area contributed by atoms with Crippen molar-refractivity contribution in [3.63, 3.8) is 0 Å². The molecule has 12 nitrogen and oxygen atoms in total. The molecule has 4 unspecified atom stereocenters. The SMILES string of the molecule is O=C(CCl)c1cccc(OC(F)(F)F)c1.OC(CN1c2cccc(-c3cccc(OC(F)(F)F)c3)c2OCC1c1cccc(OC(F)(F)F)c1)C(F)(F)F.OC(CN1c2cccc(-c3cccc(OC(F)(F)F)c3)c2OCC1c1cccc(OC(F)(F)F)c1)C(F)(F)F. The maximum Gasteiger partial charge on any atom is 0.573 e. The molecule has 0 saturated carbocycles. The summed E-state index contributed by atoms with van der Waals surface area (Å²) in [4.78, 5) is 13.3. The highest BCUT2D eigenvalue weighted by Gasteiger charge is 2.45. The van der Waals surface area contributed by atoms with Crippen LogP contribution in [0.4, 0.5) is 104 Å². The zero-order valence-electron chi connectivity index (χ0n) is 46.2. The molecule has 9 rings (SSSR count). The Morgan fingerprint density at radius 3 is 1.05 bits per heavy atom. The van der Waals surface area contributed by atoms with Gasteiger partial charge in [0, 0.05) is 16.7 Å². The fourth-order valence-electron chi connectivity index (χ4n) is 9.19. The standard InChI is InChI=1S/2C25H18F9NO4.C9H6ClF3O2/c2*26-23(27,28)21(36)12-35-19-9-3-8-18(14-4-1-6-16(10-14)38-24(29,30)31)22(19)37-13-20(35)15-5-2-7-17(11-15)39-25(32,33)34;10-5-8(14)6-2-1-3-7(4-6)15-9(11,12)13/h2*1-11,20-21,36H,12-13H2;1-4H,5H2. The summed E-state index contributed by atoms with van der Waals surface area (Å²) in [7, 11) is 0. The molecule has 4 atom stereocenters. The molecule has 2 heterocycles. The lowest BCUT2D eigenvalue weighted by molar-refractivity contribution is -0.275. The van der Waals surface area contributed by atoms with Crippen LogP contribution in [0.3, 0.4) is 0 Å². The molecule has 7 aromatic carbocycles. The predicted octanol–water partition coefficient (Wildman–Crippen LogP) is 17.0. The van der Waals surface area contributed by atoms with Crippen LogP contribution in [0.15, 0.2) is 158 Å². The number of hydrogen-bond donors (Lipinski definition) is 2. The number of ether oxygens (including phenoxy) is 7. The molecule has 7 aromatic rings. The molecule has 502 valence electrons. The van der Waals surface area contributed by atoms with E-state index in [1.54, 1.807) is 0 Å². The van der Waals surface area contributed by atoms with Gasteiger partial charge in [0.1, 0.15) is 42.0 Å². The van der Waals surface area contributed by atoms with Crippen LogP contribution in [0, 0.1) is 0 Å². The first-order valence-corrected chi connectivity index (χ1v) is 26.6. The van der Waals surface area contributed by atoms with E-state index < -0.39 is 116 Å². The number of fused-ring (bicyclic) bond motifs is 2. The highest BCUT2D eigenvalue weighted by Crippen LogP contribution is 2.49. The van der Waals surface area contributed by atoms with Gasteiger partial charge in [-0.15, -0.1) is 77.5 Å². The number of nitrogens with zero attached hydrogens (tertiary/aromatic N) is 2. The molecule has 0 fully saturated rings. The Balaban J connectivity index is 0.000000216. The van der Waals surface area contributed by atoms with Crippen LogP contribution in [-0.4, -0.2) is 105 Å². The molecule has 34 heteroatoms. The number of ketones is 1. The van der Waals surface area contributed by atoms with Gasteiger partial charge in [0.15, 0.2) is 29.5 Å². The minimum absolute atomic E-state index is 0.00465. The van der Waals surface area contributed by atoms with E-state index in [9.17, 15) is 107 Å². The van der Waals surface area contributed by atoms with Crippen molar-refractivity contribution < 1.29 is 140 Å². The molecule has 0 radical (unpaired) electrons. The van der Waals surface area contributed by atoms with Crippen molar-refractivity contribution in [3.05, 3.63) is 174 Å².